The summed E-state index contributed by atoms with van der Waals surface area (Å²) >= 11 is 0. The van der Waals surface area contributed by atoms with E-state index in [1.54, 1.807) is 38.1 Å². The standard InChI is InChI=1S/C17H16N4O2/c1-10-7-11(2)21-16(20-10)14(9-18)15(22)12-5-4-6-13(8-12)17(23)19-3/h4-8,14H,1-3H3,(H,19,23)/t14-/m0/s1. The normalized spacial score (nSPS) is 11.4. The number of hydrogen-bond donors (Lipinski definition) is 1. The zero-order valence-corrected chi connectivity index (χ0v) is 13.1. The Morgan fingerprint density at radius 3 is 2.30 bits per heavy atom. The van der Waals surface area contributed by atoms with Gasteiger partial charge in [-0.3, -0.25) is 9.59 Å². The summed E-state index contributed by atoms with van der Waals surface area (Å²) < 4.78 is 0. The van der Waals surface area contributed by atoms with Crippen molar-refractivity contribution in [3.63, 3.8) is 0 Å². The highest BCUT2D eigenvalue weighted by Gasteiger charge is 2.25. The zero-order chi connectivity index (χ0) is 17.0. The van der Waals surface area contributed by atoms with Crippen LogP contribution in [0.3, 0.4) is 0 Å². The molecule has 1 atom stereocenters. The fourth-order valence-corrected chi connectivity index (χ4v) is 2.24. The lowest BCUT2D eigenvalue weighted by Crippen LogP contribution is -2.19. The van der Waals surface area contributed by atoms with Crippen LogP contribution in [0, 0.1) is 25.2 Å². The summed E-state index contributed by atoms with van der Waals surface area (Å²) in [5.41, 5.74) is 2.02. The average molecular weight is 308 g/mol. The van der Waals surface area contributed by atoms with Crippen molar-refractivity contribution in [3.8, 4) is 6.07 Å². The molecule has 1 amide bonds. The third-order valence-electron chi connectivity index (χ3n) is 3.29. The summed E-state index contributed by atoms with van der Waals surface area (Å²) in [5.74, 6) is -1.65. The van der Waals surface area contributed by atoms with E-state index < -0.39 is 11.7 Å². The lowest BCUT2D eigenvalue weighted by atomic mass is 9.96. The number of nitrogens with one attached hydrogen (secondary N) is 1. The van der Waals surface area contributed by atoms with Gasteiger partial charge in [0.1, 0.15) is 0 Å². The SMILES string of the molecule is CNC(=O)c1cccc(C(=O)[C@H](C#N)c2nc(C)cc(C)n2)c1. The van der Waals surface area contributed by atoms with Gasteiger partial charge < -0.3 is 5.32 Å². The molecule has 2 aromatic rings. The molecule has 1 N–H and O–H groups in total. The lowest BCUT2D eigenvalue weighted by molar-refractivity contribution is 0.0963. The number of aryl methyl sites for hydroxylation is 2. The fourth-order valence-electron chi connectivity index (χ4n) is 2.24. The van der Waals surface area contributed by atoms with Crippen molar-refractivity contribution in [2.45, 2.75) is 19.8 Å². The highest BCUT2D eigenvalue weighted by molar-refractivity contribution is 6.04. The van der Waals surface area contributed by atoms with Gasteiger partial charge in [-0.2, -0.15) is 5.26 Å². The molecule has 23 heavy (non-hydrogen) atoms. The quantitative estimate of drug-likeness (QED) is 0.871. The Labute approximate surface area is 134 Å². The minimum atomic E-state index is -1.10. The number of ketones is 1. The van der Waals surface area contributed by atoms with Crippen molar-refractivity contribution >= 4 is 11.7 Å². The van der Waals surface area contributed by atoms with E-state index in [0.29, 0.717) is 17.0 Å². The summed E-state index contributed by atoms with van der Waals surface area (Å²) in [6.07, 6.45) is 0. The van der Waals surface area contributed by atoms with E-state index in [-0.39, 0.29) is 17.3 Å². The van der Waals surface area contributed by atoms with Crippen LogP contribution in [0.25, 0.3) is 0 Å². The first-order valence-corrected chi connectivity index (χ1v) is 7.04. The second-order valence-corrected chi connectivity index (χ2v) is 5.10. The average Bonchev–Trinajstić information content (AvgIpc) is 2.54. The Kier molecular flexibility index (Phi) is 4.82. The number of aromatic nitrogens is 2. The molecule has 1 aromatic heterocycles. The van der Waals surface area contributed by atoms with E-state index >= 15 is 0 Å². The zero-order valence-electron chi connectivity index (χ0n) is 13.1. The molecule has 0 unspecified atom stereocenters. The van der Waals surface area contributed by atoms with Crippen molar-refractivity contribution < 1.29 is 9.59 Å². The predicted octanol–water partition coefficient (Wildman–Crippen LogP) is 1.94. The third kappa shape index (κ3) is 3.58. The maximum Gasteiger partial charge on any atom is 0.251 e. The van der Waals surface area contributed by atoms with Gasteiger partial charge in [0.15, 0.2) is 17.5 Å². The van der Waals surface area contributed by atoms with Gasteiger partial charge in [0.05, 0.1) is 6.07 Å². The van der Waals surface area contributed by atoms with Crippen molar-refractivity contribution in [2.75, 3.05) is 7.05 Å². The molecule has 0 fully saturated rings. The first-order valence-electron chi connectivity index (χ1n) is 7.04. The molecule has 116 valence electrons. The number of nitrogens with zero attached hydrogens (tertiary/aromatic N) is 3. The minimum absolute atomic E-state index is 0.181. The van der Waals surface area contributed by atoms with Gasteiger partial charge in [-0.15, -0.1) is 0 Å². The van der Waals surface area contributed by atoms with Crippen molar-refractivity contribution in [3.05, 3.63) is 58.7 Å². The van der Waals surface area contributed by atoms with E-state index in [1.807, 2.05) is 6.07 Å². The molecule has 0 radical (unpaired) electrons. The molecule has 2 rings (SSSR count). The van der Waals surface area contributed by atoms with Crippen LogP contribution in [0.2, 0.25) is 0 Å². The van der Waals surface area contributed by atoms with Gasteiger partial charge >= 0.3 is 0 Å². The molecule has 0 saturated heterocycles. The van der Waals surface area contributed by atoms with Gasteiger partial charge in [0, 0.05) is 29.6 Å². The van der Waals surface area contributed by atoms with E-state index in [0.717, 1.165) is 0 Å². The van der Waals surface area contributed by atoms with Crippen molar-refractivity contribution in [1.29, 1.82) is 5.26 Å². The number of amides is 1. The Balaban J connectivity index is 2.41. The van der Waals surface area contributed by atoms with Gasteiger partial charge in [-0.25, -0.2) is 9.97 Å². The molecular weight excluding hydrogens is 292 g/mol. The smallest absolute Gasteiger partial charge is 0.251 e. The van der Waals surface area contributed by atoms with Crippen LogP contribution < -0.4 is 5.32 Å². The largest absolute Gasteiger partial charge is 0.355 e. The van der Waals surface area contributed by atoms with Gasteiger partial charge in [-0.1, -0.05) is 12.1 Å². The molecule has 1 aromatic carbocycles. The van der Waals surface area contributed by atoms with Crippen LogP contribution in [0.1, 0.15) is 43.8 Å². The molecule has 0 aliphatic carbocycles. The van der Waals surface area contributed by atoms with Gasteiger partial charge in [0.2, 0.25) is 0 Å². The maximum absolute atomic E-state index is 12.6. The molecule has 6 nitrogen and oxygen atoms in total. The number of nitriles is 1. The number of Topliss-reactive ketones (excluding diaryl/α,β-unsaturated/α-hetero) is 1. The third-order valence-corrected chi connectivity index (χ3v) is 3.29. The Hall–Kier alpha value is -3.07. The summed E-state index contributed by atoms with van der Waals surface area (Å²) in [6.45, 7) is 3.56. The van der Waals surface area contributed by atoms with Gasteiger partial charge in [-0.05, 0) is 32.0 Å². The second kappa shape index (κ2) is 6.79. The Morgan fingerprint density at radius 1 is 1.13 bits per heavy atom. The van der Waals surface area contributed by atoms with Crippen LogP contribution in [0.5, 0.6) is 0 Å². The molecule has 0 aliphatic rings. The highest BCUT2D eigenvalue weighted by atomic mass is 16.1. The van der Waals surface area contributed by atoms with Crippen molar-refractivity contribution in [1.82, 2.24) is 15.3 Å². The first kappa shape index (κ1) is 16.3. The topological polar surface area (TPSA) is 95.7 Å². The van der Waals surface area contributed by atoms with Crippen LogP contribution >= 0.6 is 0 Å². The number of carbonyl (C=O) groups excluding carboxylic acids is 2. The summed E-state index contributed by atoms with van der Waals surface area (Å²) in [4.78, 5) is 32.7. The monoisotopic (exact) mass is 308 g/mol. The minimum Gasteiger partial charge on any atom is -0.355 e. The van der Waals surface area contributed by atoms with E-state index in [4.69, 9.17) is 0 Å². The second-order valence-electron chi connectivity index (χ2n) is 5.10. The lowest BCUT2D eigenvalue weighted by Gasteiger charge is -2.09. The van der Waals surface area contributed by atoms with E-state index in [1.165, 1.54) is 13.1 Å². The van der Waals surface area contributed by atoms with Crippen LogP contribution in [0.4, 0.5) is 0 Å². The van der Waals surface area contributed by atoms with E-state index in [2.05, 4.69) is 15.3 Å². The molecule has 0 bridgehead atoms. The first-order chi connectivity index (χ1) is 11.0. The molecule has 1 heterocycles. The molecular formula is C17H16N4O2. The van der Waals surface area contributed by atoms with Crippen LogP contribution in [0.15, 0.2) is 30.3 Å². The molecule has 0 aliphatic heterocycles. The predicted molar refractivity (Wildman–Crippen MR) is 84.0 cm³/mol. The molecule has 0 spiro atoms. The van der Waals surface area contributed by atoms with Crippen LogP contribution in [-0.2, 0) is 0 Å². The summed E-state index contributed by atoms with van der Waals surface area (Å²) in [6, 6.07) is 9.98. The van der Waals surface area contributed by atoms with Crippen LogP contribution in [-0.4, -0.2) is 28.7 Å². The summed E-state index contributed by atoms with van der Waals surface area (Å²) in [7, 11) is 1.51. The number of hydrogen-bond acceptors (Lipinski definition) is 5. The number of carbonyl (C=O) groups is 2. The number of rotatable bonds is 4. The Bertz CT molecular complexity index is 788. The Morgan fingerprint density at radius 2 is 1.74 bits per heavy atom. The van der Waals surface area contributed by atoms with E-state index in [9.17, 15) is 14.9 Å². The summed E-state index contributed by atoms with van der Waals surface area (Å²) in [5, 5.41) is 11.9. The number of benzene rings is 1. The maximum atomic E-state index is 12.6. The molecule has 6 heteroatoms. The molecule has 0 saturated carbocycles. The highest BCUT2D eigenvalue weighted by Crippen LogP contribution is 2.19. The van der Waals surface area contributed by atoms with Crippen molar-refractivity contribution in [2.24, 2.45) is 0 Å². The van der Waals surface area contributed by atoms with Gasteiger partial charge in [0.25, 0.3) is 5.91 Å². The fraction of sp³-hybridized carbons (Fsp3) is 0.235.